The largest absolute Gasteiger partial charge is 0.481 e. The zero-order chi connectivity index (χ0) is 16.7. The fourth-order valence-electron chi connectivity index (χ4n) is 2.28. The Kier molecular flexibility index (Phi) is 6.20. The molecule has 0 saturated heterocycles. The average molecular weight is 315 g/mol. The number of imidazole rings is 1. The van der Waals surface area contributed by atoms with Gasteiger partial charge in [-0.1, -0.05) is 13.0 Å². The number of benzene rings is 1. The molecule has 124 valence electrons. The van der Waals surface area contributed by atoms with Gasteiger partial charge in [-0.05, 0) is 49.9 Å². The van der Waals surface area contributed by atoms with Crippen molar-refractivity contribution in [1.82, 2.24) is 14.9 Å². The van der Waals surface area contributed by atoms with E-state index in [1.165, 1.54) is 5.56 Å². The summed E-state index contributed by atoms with van der Waals surface area (Å²) in [5, 5.41) is 2.94. The first-order valence-electron chi connectivity index (χ1n) is 8.07. The predicted octanol–water partition coefficient (Wildman–Crippen LogP) is 2.86. The maximum atomic E-state index is 12.2. The number of aromatic nitrogens is 2. The number of hydrogen-bond donors (Lipinski definition) is 1. The van der Waals surface area contributed by atoms with Crippen LogP contribution in [-0.2, 0) is 11.3 Å². The van der Waals surface area contributed by atoms with E-state index in [0.717, 1.165) is 24.3 Å². The van der Waals surface area contributed by atoms with Crippen LogP contribution in [0, 0.1) is 13.8 Å². The van der Waals surface area contributed by atoms with Gasteiger partial charge in [-0.3, -0.25) is 4.79 Å². The highest BCUT2D eigenvalue weighted by Crippen LogP contribution is 2.18. The molecule has 2 rings (SSSR count). The molecule has 0 saturated carbocycles. The number of carbonyl (C=O) groups is 1. The summed E-state index contributed by atoms with van der Waals surface area (Å²) in [4.78, 5) is 16.2. The molecule has 0 spiro atoms. The molecule has 0 radical (unpaired) electrons. The maximum absolute atomic E-state index is 12.2. The van der Waals surface area contributed by atoms with Crippen LogP contribution < -0.4 is 10.1 Å². The second-order valence-electron chi connectivity index (χ2n) is 5.71. The Morgan fingerprint density at radius 1 is 1.35 bits per heavy atom. The number of hydrogen-bond acceptors (Lipinski definition) is 3. The highest BCUT2D eigenvalue weighted by atomic mass is 16.5. The first kappa shape index (κ1) is 17.1. The van der Waals surface area contributed by atoms with Crippen LogP contribution in [0.15, 0.2) is 36.9 Å². The van der Waals surface area contributed by atoms with E-state index in [0.29, 0.717) is 13.0 Å². The third kappa shape index (κ3) is 5.13. The Morgan fingerprint density at radius 2 is 2.17 bits per heavy atom. The number of rotatable bonds is 8. The van der Waals surface area contributed by atoms with Gasteiger partial charge in [-0.25, -0.2) is 4.98 Å². The van der Waals surface area contributed by atoms with Gasteiger partial charge in [0, 0.05) is 25.5 Å². The monoisotopic (exact) mass is 315 g/mol. The average Bonchev–Trinajstić information content (AvgIpc) is 3.05. The van der Waals surface area contributed by atoms with E-state index in [9.17, 15) is 4.79 Å². The van der Waals surface area contributed by atoms with Gasteiger partial charge in [-0.15, -0.1) is 0 Å². The molecular weight excluding hydrogens is 290 g/mol. The lowest BCUT2D eigenvalue weighted by molar-refractivity contribution is -0.128. The molecule has 0 bridgehead atoms. The normalized spacial score (nSPS) is 12.0. The molecule has 23 heavy (non-hydrogen) atoms. The molecule has 5 nitrogen and oxygen atoms in total. The van der Waals surface area contributed by atoms with Crippen molar-refractivity contribution in [3.05, 3.63) is 48.0 Å². The van der Waals surface area contributed by atoms with E-state index in [4.69, 9.17) is 4.74 Å². The number of nitrogens with zero attached hydrogens (tertiary/aromatic N) is 2. The van der Waals surface area contributed by atoms with Gasteiger partial charge in [0.1, 0.15) is 5.75 Å². The highest BCUT2D eigenvalue weighted by molar-refractivity contribution is 5.81. The second-order valence-corrected chi connectivity index (χ2v) is 5.71. The number of amides is 1. The molecular formula is C18H25N3O2. The van der Waals surface area contributed by atoms with Crippen molar-refractivity contribution in [2.75, 3.05) is 6.54 Å². The highest BCUT2D eigenvalue weighted by Gasteiger charge is 2.17. The standard InChI is InChI=1S/C18H25N3O2/c1-4-17(23-16-7-6-14(2)15(3)12-16)18(22)20-8-5-10-21-11-9-19-13-21/h6-7,9,11-13,17H,4-5,8,10H2,1-3H3,(H,20,22). The molecule has 1 N–H and O–H groups in total. The maximum Gasteiger partial charge on any atom is 0.261 e. The fourth-order valence-corrected chi connectivity index (χ4v) is 2.28. The summed E-state index contributed by atoms with van der Waals surface area (Å²) in [6, 6.07) is 5.90. The van der Waals surface area contributed by atoms with Crippen LogP contribution in [0.4, 0.5) is 0 Å². The lowest BCUT2D eigenvalue weighted by atomic mass is 10.1. The summed E-state index contributed by atoms with van der Waals surface area (Å²) in [5.74, 6) is 0.685. The smallest absolute Gasteiger partial charge is 0.261 e. The molecule has 1 atom stereocenters. The predicted molar refractivity (Wildman–Crippen MR) is 90.5 cm³/mol. The zero-order valence-corrected chi connectivity index (χ0v) is 14.1. The quantitative estimate of drug-likeness (QED) is 0.762. The summed E-state index contributed by atoms with van der Waals surface area (Å²) < 4.78 is 7.83. The molecule has 1 heterocycles. The van der Waals surface area contributed by atoms with Crippen molar-refractivity contribution in [1.29, 1.82) is 0 Å². The van der Waals surface area contributed by atoms with Gasteiger partial charge in [-0.2, -0.15) is 0 Å². The summed E-state index contributed by atoms with van der Waals surface area (Å²) in [5.41, 5.74) is 2.38. The van der Waals surface area contributed by atoms with Gasteiger partial charge >= 0.3 is 0 Å². The van der Waals surface area contributed by atoms with Crippen molar-refractivity contribution in [3.63, 3.8) is 0 Å². The van der Waals surface area contributed by atoms with Crippen molar-refractivity contribution in [2.45, 2.75) is 46.3 Å². The van der Waals surface area contributed by atoms with E-state index in [2.05, 4.69) is 17.2 Å². The van der Waals surface area contributed by atoms with Crippen molar-refractivity contribution in [2.24, 2.45) is 0 Å². The van der Waals surface area contributed by atoms with Crippen LogP contribution in [0.1, 0.15) is 30.9 Å². The number of carbonyl (C=O) groups excluding carboxylic acids is 1. The Morgan fingerprint density at radius 3 is 2.83 bits per heavy atom. The number of nitrogens with one attached hydrogen (secondary N) is 1. The van der Waals surface area contributed by atoms with Crippen LogP contribution >= 0.6 is 0 Å². The van der Waals surface area contributed by atoms with Crippen molar-refractivity contribution < 1.29 is 9.53 Å². The Hall–Kier alpha value is -2.30. The third-order valence-corrected chi connectivity index (χ3v) is 3.87. The van der Waals surface area contributed by atoms with E-state index in [1.54, 1.807) is 12.5 Å². The topological polar surface area (TPSA) is 56.1 Å². The second kappa shape index (κ2) is 8.36. The summed E-state index contributed by atoms with van der Waals surface area (Å²) in [7, 11) is 0. The van der Waals surface area contributed by atoms with Crippen LogP contribution in [0.2, 0.25) is 0 Å². The molecule has 0 aliphatic carbocycles. The summed E-state index contributed by atoms with van der Waals surface area (Å²) >= 11 is 0. The first-order valence-corrected chi connectivity index (χ1v) is 8.07. The van der Waals surface area contributed by atoms with Gasteiger partial charge < -0.3 is 14.6 Å². The molecule has 1 unspecified atom stereocenters. The van der Waals surface area contributed by atoms with E-state index >= 15 is 0 Å². The molecule has 0 fully saturated rings. The van der Waals surface area contributed by atoms with E-state index < -0.39 is 6.10 Å². The van der Waals surface area contributed by atoms with Crippen LogP contribution in [0.25, 0.3) is 0 Å². The minimum atomic E-state index is -0.453. The minimum Gasteiger partial charge on any atom is -0.481 e. The Bertz CT molecular complexity index is 623. The first-order chi connectivity index (χ1) is 11.1. The van der Waals surface area contributed by atoms with Gasteiger partial charge in [0.05, 0.1) is 6.33 Å². The molecule has 5 heteroatoms. The lowest BCUT2D eigenvalue weighted by Crippen LogP contribution is -2.38. The van der Waals surface area contributed by atoms with Crippen molar-refractivity contribution in [3.8, 4) is 5.75 Å². The fraction of sp³-hybridized carbons (Fsp3) is 0.444. The summed E-state index contributed by atoms with van der Waals surface area (Å²) in [6.45, 7) is 7.53. The molecule has 1 aromatic heterocycles. The van der Waals surface area contributed by atoms with E-state index in [1.807, 2.05) is 42.8 Å². The van der Waals surface area contributed by atoms with Gasteiger partial charge in [0.15, 0.2) is 6.10 Å². The minimum absolute atomic E-state index is 0.0589. The van der Waals surface area contributed by atoms with Crippen LogP contribution in [0.5, 0.6) is 5.75 Å². The molecule has 0 aliphatic heterocycles. The van der Waals surface area contributed by atoms with Gasteiger partial charge in [0.25, 0.3) is 5.91 Å². The Labute approximate surface area is 137 Å². The van der Waals surface area contributed by atoms with Gasteiger partial charge in [0.2, 0.25) is 0 Å². The zero-order valence-electron chi connectivity index (χ0n) is 14.1. The van der Waals surface area contributed by atoms with E-state index in [-0.39, 0.29) is 5.91 Å². The lowest BCUT2D eigenvalue weighted by Gasteiger charge is -2.18. The van der Waals surface area contributed by atoms with Crippen molar-refractivity contribution >= 4 is 5.91 Å². The van der Waals surface area contributed by atoms with Crippen LogP contribution in [-0.4, -0.2) is 28.1 Å². The Balaban J connectivity index is 1.79. The van der Waals surface area contributed by atoms with Crippen LogP contribution in [0.3, 0.4) is 0 Å². The molecule has 0 aliphatic rings. The number of aryl methyl sites for hydroxylation is 3. The molecule has 2 aromatic rings. The molecule has 1 aromatic carbocycles. The summed E-state index contributed by atoms with van der Waals surface area (Å²) in [6.07, 6.45) is 6.50. The number of ether oxygens (including phenoxy) is 1. The third-order valence-electron chi connectivity index (χ3n) is 3.87. The SMILES string of the molecule is CCC(Oc1ccc(C)c(C)c1)C(=O)NCCCn1ccnc1. The molecule has 1 amide bonds.